The number of amides is 1. The van der Waals surface area contributed by atoms with E-state index in [4.69, 9.17) is 5.11 Å². The second-order valence-electron chi connectivity index (χ2n) is 6.24. The lowest BCUT2D eigenvalue weighted by Gasteiger charge is -2.11. The molecule has 0 fully saturated rings. The van der Waals surface area contributed by atoms with Gasteiger partial charge in [0.05, 0.1) is 12.3 Å². The lowest BCUT2D eigenvalue weighted by Crippen LogP contribution is -2.27. The fourth-order valence-electron chi connectivity index (χ4n) is 2.76. The highest BCUT2D eigenvalue weighted by atomic mass is 16.3. The summed E-state index contributed by atoms with van der Waals surface area (Å²) >= 11 is 0. The second kappa shape index (κ2) is 7.49. The summed E-state index contributed by atoms with van der Waals surface area (Å²) < 4.78 is 1.71. The zero-order valence-corrected chi connectivity index (χ0v) is 15.2. The van der Waals surface area contributed by atoms with Crippen LogP contribution >= 0.6 is 0 Å². The molecule has 3 rings (SSSR count). The van der Waals surface area contributed by atoms with Gasteiger partial charge in [0, 0.05) is 12.1 Å². The Kier molecular flexibility index (Phi) is 5.14. The molecule has 1 aromatic heterocycles. The highest BCUT2D eigenvalue weighted by Crippen LogP contribution is 2.25. The maximum absolute atomic E-state index is 12.3. The lowest BCUT2D eigenvalue weighted by molar-refractivity contribution is 0.0934. The van der Waals surface area contributed by atoms with E-state index in [2.05, 4.69) is 15.4 Å². The van der Waals surface area contributed by atoms with Crippen LogP contribution in [0.3, 0.4) is 0 Å². The van der Waals surface area contributed by atoms with Crippen molar-refractivity contribution in [3.8, 4) is 17.1 Å². The summed E-state index contributed by atoms with van der Waals surface area (Å²) in [7, 11) is 0. The largest absolute Gasteiger partial charge is 0.395 e. The first-order valence-electron chi connectivity index (χ1n) is 8.51. The maximum Gasteiger partial charge on any atom is 0.291 e. The van der Waals surface area contributed by atoms with Gasteiger partial charge in [-0.2, -0.15) is 0 Å². The molecular formula is C20H22N4O2. The minimum absolute atomic E-state index is 0.0795. The molecule has 3 aromatic rings. The monoisotopic (exact) mass is 350 g/mol. The molecule has 0 saturated heterocycles. The average molecular weight is 350 g/mol. The molecule has 1 amide bonds. The van der Waals surface area contributed by atoms with Crippen LogP contribution in [0, 0.1) is 20.8 Å². The van der Waals surface area contributed by atoms with Gasteiger partial charge in [0.1, 0.15) is 0 Å². The Balaban J connectivity index is 2.16. The van der Waals surface area contributed by atoms with Crippen LogP contribution in [0.5, 0.6) is 0 Å². The number of aliphatic hydroxyl groups excluding tert-OH is 1. The van der Waals surface area contributed by atoms with Gasteiger partial charge >= 0.3 is 0 Å². The molecule has 1 heterocycles. The lowest BCUT2D eigenvalue weighted by atomic mass is 10.1. The van der Waals surface area contributed by atoms with Crippen molar-refractivity contribution < 1.29 is 9.90 Å². The number of rotatable bonds is 5. The van der Waals surface area contributed by atoms with E-state index in [1.807, 2.05) is 63.2 Å². The van der Waals surface area contributed by atoms with Crippen LogP contribution in [0.15, 0.2) is 42.5 Å². The van der Waals surface area contributed by atoms with Crippen LogP contribution in [0.25, 0.3) is 17.1 Å². The number of nitrogens with one attached hydrogen (secondary N) is 1. The Morgan fingerprint density at radius 2 is 1.92 bits per heavy atom. The number of nitrogens with zero attached hydrogens (tertiary/aromatic N) is 3. The molecule has 0 atom stereocenters. The first kappa shape index (κ1) is 17.8. The molecule has 6 heteroatoms. The Labute approximate surface area is 152 Å². The van der Waals surface area contributed by atoms with Crippen LogP contribution in [0.1, 0.15) is 27.3 Å². The smallest absolute Gasteiger partial charge is 0.291 e. The van der Waals surface area contributed by atoms with E-state index in [1.165, 1.54) is 0 Å². The van der Waals surface area contributed by atoms with Gasteiger partial charge in [0.2, 0.25) is 5.82 Å². The number of carbonyl (C=O) groups is 1. The summed E-state index contributed by atoms with van der Waals surface area (Å²) in [5.41, 5.74) is 5.09. The molecule has 0 radical (unpaired) electrons. The van der Waals surface area contributed by atoms with Crippen LogP contribution in [0.2, 0.25) is 0 Å². The number of hydrogen-bond donors (Lipinski definition) is 2. The number of aryl methyl sites for hydroxylation is 2. The second-order valence-corrected chi connectivity index (χ2v) is 6.24. The SMILES string of the molecule is Cc1cccc(-c2nc(C(=O)NCCO)nn2-c2cccc(C)c2C)c1. The van der Waals surface area contributed by atoms with Gasteiger partial charge in [-0.25, -0.2) is 9.67 Å². The summed E-state index contributed by atoms with van der Waals surface area (Å²) in [5.74, 6) is 0.282. The van der Waals surface area contributed by atoms with Gasteiger partial charge in [0.25, 0.3) is 5.91 Å². The van der Waals surface area contributed by atoms with E-state index in [0.29, 0.717) is 5.82 Å². The molecule has 0 bridgehead atoms. The Hall–Kier alpha value is -2.99. The Morgan fingerprint density at radius 3 is 2.65 bits per heavy atom. The van der Waals surface area contributed by atoms with E-state index >= 15 is 0 Å². The summed E-state index contributed by atoms with van der Waals surface area (Å²) in [6.07, 6.45) is 0. The summed E-state index contributed by atoms with van der Waals surface area (Å²) in [4.78, 5) is 16.8. The standard InChI is InChI=1S/C20H22N4O2/c1-13-6-4-8-16(12-13)19-22-18(20(26)21-10-11-25)23-24(19)17-9-5-7-14(2)15(17)3/h4-9,12,25H,10-11H2,1-3H3,(H,21,26). The predicted octanol–water partition coefficient (Wildman–Crippen LogP) is 2.58. The molecule has 0 spiro atoms. The van der Waals surface area contributed by atoms with Crippen molar-refractivity contribution in [3.63, 3.8) is 0 Å². The molecule has 0 unspecified atom stereocenters. The van der Waals surface area contributed by atoms with Gasteiger partial charge < -0.3 is 10.4 Å². The minimum Gasteiger partial charge on any atom is -0.395 e. The predicted molar refractivity (Wildman–Crippen MR) is 100 cm³/mol. The summed E-state index contributed by atoms with van der Waals surface area (Å²) in [6.45, 7) is 6.11. The molecule has 0 aliphatic heterocycles. The van der Waals surface area contributed by atoms with Crippen LogP contribution < -0.4 is 5.32 Å². The summed E-state index contributed by atoms with van der Waals surface area (Å²) in [5, 5.41) is 16.0. The highest BCUT2D eigenvalue weighted by molar-refractivity contribution is 5.91. The highest BCUT2D eigenvalue weighted by Gasteiger charge is 2.19. The van der Waals surface area contributed by atoms with E-state index in [-0.39, 0.29) is 19.0 Å². The number of carbonyl (C=O) groups excluding carboxylic acids is 1. The van der Waals surface area contributed by atoms with Crippen molar-refractivity contribution >= 4 is 5.91 Å². The zero-order valence-electron chi connectivity index (χ0n) is 15.2. The van der Waals surface area contributed by atoms with Crippen molar-refractivity contribution in [3.05, 3.63) is 65.0 Å². The van der Waals surface area contributed by atoms with E-state index < -0.39 is 5.91 Å². The fourth-order valence-corrected chi connectivity index (χ4v) is 2.76. The third-order valence-electron chi connectivity index (χ3n) is 4.29. The molecule has 2 aromatic carbocycles. The molecule has 0 aliphatic carbocycles. The van der Waals surface area contributed by atoms with Crippen molar-refractivity contribution in [2.45, 2.75) is 20.8 Å². The fraction of sp³-hybridized carbons (Fsp3) is 0.250. The van der Waals surface area contributed by atoms with E-state index in [1.54, 1.807) is 4.68 Å². The van der Waals surface area contributed by atoms with Gasteiger partial charge in [-0.05, 0) is 44.0 Å². The average Bonchev–Trinajstić information content (AvgIpc) is 3.07. The minimum atomic E-state index is -0.406. The molecule has 0 aliphatic rings. The van der Waals surface area contributed by atoms with Crippen molar-refractivity contribution in [1.82, 2.24) is 20.1 Å². The first-order chi connectivity index (χ1) is 12.5. The van der Waals surface area contributed by atoms with Gasteiger partial charge in [0.15, 0.2) is 5.82 Å². The molecule has 26 heavy (non-hydrogen) atoms. The third kappa shape index (κ3) is 3.50. The first-order valence-corrected chi connectivity index (χ1v) is 8.51. The Bertz CT molecular complexity index is 947. The summed E-state index contributed by atoms with van der Waals surface area (Å²) in [6, 6.07) is 13.9. The molecule has 0 saturated carbocycles. The van der Waals surface area contributed by atoms with Gasteiger partial charge in [-0.1, -0.05) is 35.9 Å². The molecular weight excluding hydrogens is 328 g/mol. The van der Waals surface area contributed by atoms with Crippen LogP contribution in [0.4, 0.5) is 0 Å². The van der Waals surface area contributed by atoms with Gasteiger partial charge in [-0.3, -0.25) is 4.79 Å². The number of aromatic nitrogens is 3. The van der Waals surface area contributed by atoms with Crippen molar-refractivity contribution in [2.24, 2.45) is 0 Å². The van der Waals surface area contributed by atoms with Crippen molar-refractivity contribution in [2.75, 3.05) is 13.2 Å². The van der Waals surface area contributed by atoms with E-state index in [0.717, 1.165) is 27.9 Å². The van der Waals surface area contributed by atoms with Crippen molar-refractivity contribution in [1.29, 1.82) is 0 Å². The topological polar surface area (TPSA) is 80.0 Å². The quantitative estimate of drug-likeness (QED) is 0.741. The maximum atomic E-state index is 12.3. The number of hydrogen-bond acceptors (Lipinski definition) is 4. The molecule has 6 nitrogen and oxygen atoms in total. The normalized spacial score (nSPS) is 10.8. The third-order valence-corrected chi connectivity index (χ3v) is 4.29. The molecule has 134 valence electrons. The zero-order chi connectivity index (χ0) is 18.7. The number of benzene rings is 2. The van der Waals surface area contributed by atoms with Crippen LogP contribution in [-0.2, 0) is 0 Å². The number of aliphatic hydroxyl groups is 1. The van der Waals surface area contributed by atoms with E-state index in [9.17, 15) is 4.79 Å². The molecule has 2 N–H and O–H groups in total. The van der Waals surface area contributed by atoms with Crippen LogP contribution in [-0.4, -0.2) is 38.9 Å². The van der Waals surface area contributed by atoms with Gasteiger partial charge in [-0.15, -0.1) is 5.10 Å². The Morgan fingerprint density at radius 1 is 1.15 bits per heavy atom.